The van der Waals surface area contributed by atoms with E-state index < -0.39 is 5.41 Å². The summed E-state index contributed by atoms with van der Waals surface area (Å²) in [5.41, 5.74) is 33.0. The molecule has 80 heavy (non-hydrogen) atoms. The van der Waals surface area contributed by atoms with Gasteiger partial charge in [0, 0.05) is 27.8 Å². The first-order valence-electron chi connectivity index (χ1n) is 29.7. The van der Waals surface area contributed by atoms with Gasteiger partial charge in [0.05, 0.1) is 11.1 Å². The number of hydrogen-bond donors (Lipinski definition) is 0. The van der Waals surface area contributed by atoms with Gasteiger partial charge in [0.2, 0.25) is 0 Å². The molecule has 10 aromatic rings. The smallest absolute Gasteiger partial charge is 0.0726 e. The molecule has 1 heteroatoms. The first kappa shape index (κ1) is 48.0. The Kier molecular flexibility index (Phi) is 9.92. The average molecular weight is 1030 g/mol. The van der Waals surface area contributed by atoms with Crippen LogP contribution in [0.2, 0.25) is 0 Å². The average Bonchev–Trinajstić information content (AvgIpc) is 3.94. The van der Waals surface area contributed by atoms with Crippen molar-refractivity contribution in [1.29, 1.82) is 0 Å². The van der Waals surface area contributed by atoms with Gasteiger partial charge in [-0.05, 0) is 189 Å². The van der Waals surface area contributed by atoms with Crippen molar-refractivity contribution < 1.29 is 0 Å². The molecular weight excluding hydrogens is 963 g/mol. The maximum atomic E-state index is 2.65. The fourth-order valence-corrected chi connectivity index (χ4v) is 17.1. The molecule has 0 heterocycles. The highest BCUT2D eigenvalue weighted by molar-refractivity contribution is 6.02. The first-order chi connectivity index (χ1) is 38.7. The van der Waals surface area contributed by atoms with E-state index in [9.17, 15) is 0 Å². The van der Waals surface area contributed by atoms with Gasteiger partial charge in [-0.1, -0.05) is 244 Å². The maximum absolute atomic E-state index is 2.65. The van der Waals surface area contributed by atoms with E-state index in [0.29, 0.717) is 5.92 Å². The summed E-state index contributed by atoms with van der Waals surface area (Å²) < 4.78 is 0. The predicted molar refractivity (Wildman–Crippen MR) is 335 cm³/mol. The topological polar surface area (TPSA) is 3.24 Å². The lowest BCUT2D eigenvalue weighted by Gasteiger charge is -2.37. The quantitative estimate of drug-likeness (QED) is 0.166. The van der Waals surface area contributed by atoms with Crippen molar-refractivity contribution in [3.63, 3.8) is 0 Å². The fraction of sp³-hybridized carbons (Fsp3) is 0.241. The molecule has 0 aromatic heterocycles. The van der Waals surface area contributed by atoms with E-state index in [4.69, 9.17) is 0 Å². The van der Waals surface area contributed by atoms with Gasteiger partial charge < -0.3 is 4.90 Å². The van der Waals surface area contributed by atoms with Gasteiger partial charge in [-0.2, -0.15) is 0 Å². The highest BCUT2D eigenvalue weighted by Gasteiger charge is 2.57. The fourth-order valence-electron chi connectivity index (χ4n) is 17.1. The summed E-state index contributed by atoms with van der Waals surface area (Å²) in [6.45, 7) is 19.0. The largest absolute Gasteiger partial charge is 0.310 e. The van der Waals surface area contributed by atoms with Crippen LogP contribution in [0.25, 0.3) is 66.8 Å². The third-order valence-corrected chi connectivity index (χ3v) is 20.7. The van der Waals surface area contributed by atoms with Crippen molar-refractivity contribution in [3.8, 4) is 66.8 Å². The lowest BCUT2D eigenvalue weighted by atomic mass is 9.67. The Hall–Kier alpha value is -8.00. The highest BCUT2D eigenvalue weighted by atomic mass is 15.1. The normalized spacial score (nSPS) is 19.6. The molecule has 2 bridgehead atoms. The Bertz CT molecular complexity index is 4200. The lowest BCUT2D eigenvalue weighted by Crippen LogP contribution is -2.32. The van der Waals surface area contributed by atoms with Crippen LogP contribution in [-0.2, 0) is 27.1 Å². The number of benzene rings is 10. The van der Waals surface area contributed by atoms with Crippen LogP contribution in [0.15, 0.2) is 212 Å². The molecule has 10 aromatic carbocycles. The second-order valence-corrected chi connectivity index (χ2v) is 27.2. The van der Waals surface area contributed by atoms with Crippen molar-refractivity contribution >= 4 is 17.1 Å². The van der Waals surface area contributed by atoms with E-state index in [-0.39, 0.29) is 21.7 Å². The van der Waals surface area contributed by atoms with Gasteiger partial charge >= 0.3 is 0 Å². The molecule has 3 atom stereocenters. The molecule has 6 aliphatic carbocycles. The summed E-state index contributed by atoms with van der Waals surface area (Å²) in [7, 11) is 0. The minimum atomic E-state index is -0.519. The van der Waals surface area contributed by atoms with Crippen molar-refractivity contribution in [2.45, 2.75) is 108 Å². The van der Waals surface area contributed by atoms with Crippen LogP contribution in [0, 0.1) is 11.8 Å². The van der Waals surface area contributed by atoms with Crippen LogP contribution < -0.4 is 4.90 Å². The lowest BCUT2D eigenvalue weighted by molar-refractivity contribution is 0.327. The molecule has 0 radical (unpaired) electrons. The van der Waals surface area contributed by atoms with Gasteiger partial charge in [-0.25, -0.2) is 0 Å². The second-order valence-electron chi connectivity index (χ2n) is 27.2. The van der Waals surface area contributed by atoms with E-state index in [2.05, 4.69) is 273 Å². The van der Waals surface area contributed by atoms with E-state index in [0.717, 1.165) is 11.6 Å². The standard InChI is InChI=1S/C79H69N/c1-75(2,3)50-35-40-60-61-41-36-51(76(4,5)6)45-71(61)79(70(60)44-50)67-28-16-13-23-64(67)73-68(79)29-18-30-72(73)80(54-39-42-59-57-21-12-15-27-66(57)78(69(59)46-54)47-48-31-34-52(78)43-48)53-37-32-49(33-38-53)55-19-9-10-20-56(55)62-24-17-25-63-58-22-11-14-26-65(58)77(7,8)74(62)63/h9-30,32-33,35-42,44-46,48,52H,31,34,43,47H2,1-8H3. The van der Waals surface area contributed by atoms with E-state index in [1.807, 2.05) is 0 Å². The van der Waals surface area contributed by atoms with Crippen molar-refractivity contribution in [3.05, 3.63) is 268 Å². The first-order valence-corrected chi connectivity index (χ1v) is 29.7. The van der Waals surface area contributed by atoms with Crippen LogP contribution in [0.1, 0.15) is 137 Å². The zero-order valence-electron chi connectivity index (χ0n) is 47.6. The van der Waals surface area contributed by atoms with Gasteiger partial charge in [-0.15, -0.1) is 0 Å². The Morgan fingerprint density at radius 3 is 1.52 bits per heavy atom. The number of hydrogen-bond acceptors (Lipinski definition) is 1. The molecule has 1 nitrogen and oxygen atoms in total. The van der Waals surface area contributed by atoms with Crippen LogP contribution >= 0.6 is 0 Å². The molecular formula is C79H69N. The van der Waals surface area contributed by atoms with E-state index >= 15 is 0 Å². The van der Waals surface area contributed by atoms with Gasteiger partial charge in [0.15, 0.2) is 0 Å². The highest BCUT2D eigenvalue weighted by Crippen LogP contribution is 2.68. The summed E-state index contributed by atoms with van der Waals surface area (Å²) in [4.78, 5) is 2.65. The van der Waals surface area contributed by atoms with Crippen LogP contribution in [0.4, 0.5) is 17.1 Å². The SMILES string of the molecule is CC(C)(C)c1ccc2c(c1)C1(c3cc(C(C)(C)C)ccc3-2)c2ccccc2-c2c(N(c3ccc(-c4ccccc4-c4cccc5c4C(C)(C)c4ccccc4-5)cc3)c3ccc4c(c3)C3(CC5CCC3C5)c3ccccc3-4)cccc21. The Labute approximate surface area is 474 Å². The second kappa shape index (κ2) is 16.5. The molecule has 2 spiro atoms. The summed E-state index contributed by atoms with van der Waals surface area (Å²) in [5.74, 6) is 1.45. The number of rotatable bonds is 5. The molecule has 3 unspecified atom stereocenters. The minimum Gasteiger partial charge on any atom is -0.310 e. The monoisotopic (exact) mass is 1030 g/mol. The summed E-state index contributed by atoms with van der Waals surface area (Å²) in [5, 5.41) is 0. The third kappa shape index (κ3) is 6.36. The summed E-state index contributed by atoms with van der Waals surface area (Å²) in [6, 6.07) is 83.2. The zero-order chi connectivity index (χ0) is 54.2. The van der Waals surface area contributed by atoms with Gasteiger partial charge in [0.1, 0.15) is 0 Å². The van der Waals surface area contributed by atoms with Crippen molar-refractivity contribution in [1.82, 2.24) is 0 Å². The number of fused-ring (bicyclic) bond motifs is 21. The molecule has 0 N–H and O–H groups in total. The maximum Gasteiger partial charge on any atom is 0.0726 e. The molecule has 2 saturated carbocycles. The van der Waals surface area contributed by atoms with Crippen LogP contribution in [0.3, 0.4) is 0 Å². The van der Waals surface area contributed by atoms with Gasteiger partial charge in [0.25, 0.3) is 0 Å². The predicted octanol–water partition coefficient (Wildman–Crippen LogP) is 20.8. The van der Waals surface area contributed by atoms with Crippen LogP contribution in [-0.4, -0.2) is 0 Å². The van der Waals surface area contributed by atoms with Crippen LogP contribution in [0.5, 0.6) is 0 Å². The molecule has 0 aliphatic heterocycles. The molecule has 0 amide bonds. The Morgan fingerprint density at radius 1 is 0.388 bits per heavy atom. The van der Waals surface area contributed by atoms with E-state index in [1.165, 1.54) is 154 Å². The van der Waals surface area contributed by atoms with Crippen molar-refractivity contribution in [2.75, 3.05) is 4.90 Å². The van der Waals surface area contributed by atoms with Crippen molar-refractivity contribution in [2.24, 2.45) is 11.8 Å². The summed E-state index contributed by atoms with van der Waals surface area (Å²) in [6.07, 6.45) is 5.26. The minimum absolute atomic E-state index is 0.0270. The number of anilines is 3. The number of nitrogens with zero attached hydrogens (tertiary/aromatic N) is 1. The van der Waals surface area contributed by atoms with Gasteiger partial charge in [-0.3, -0.25) is 0 Å². The van der Waals surface area contributed by atoms with E-state index in [1.54, 1.807) is 5.56 Å². The molecule has 16 rings (SSSR count). The Morgan fingerprint density at radius 2 is 0.887 bits per heavy atom. The zero-order valence-corrected chi connectivity index (χ0v) is 47.6. The Balaban J connectivity index is 0.925. The molecule has 6 aliphatic rings. The molecule has 390 valence electrons. The third-order valence-electron chi connectivity index (χ3n) is 20.7. The molecule has 0 saturated heterocycles. The summed E-state index contributed by atoms with van der Waals surface area (Å²) >= 11 is 0. The molecule has 2 fully saturated rings.